The van der Waals surface area contributed by atoms with Crippen LogP contribution in [0.1, 0.15) is 35.7 Å². The van der Waals surface area contributed by atoms with E-state index in [4.69, 9.17) is 10.00 Å². The molecule has 0 saturated carbocycles. The number of nitrogens with one attached hydrogen (secondary N) is 1. The molecule has 2 unspecified atom stereocenters. The average molecular weight is 268 g/mol. The van der Waals surface area contributed by atoms with Gasteiger partial charge in [-0.05, 0) is 25.0 Å². The van der Waals surface area contributed by atoms with Crippen LogP contribution in [0.3, 0.4) is 0 Å². The van der Waals surface area contributed by atoms with Gasteiger partial charge in [0.2, 0.25) is 0 Å². The minimum atomic E-state index is -0.0466. The molecular weight excluding hydrogens is 252 g/mol. The first-order valence-electron chi connectivity index (χ1n) is 6.91. The van der Waals surface area contributed by atoms with E-state index in [2.05, 4.69) is 11.1 Å². The van der Waals surface area contributed by atoms with E-state index < -0.39 is 0 Å². The monoisotopic (exact) mass is 268 g/mol. The van der Waals surface area contributed by atoms with Crippen LogP contribution in [0.2, 0.25) is 0 Å². The van der Waals surface area contributed by atoms with Gasteiger partial charge in [-0.15, -0.1) is 0 Å². The number of nitrogens with zero attached hydrogens (tertiary/aromatic N) is 1. The third-order valence-electron chi connectivity index (χ3n) is 4.03. The van der Waals surface area contributed by atoms with Crippen LogP contribution in [0.5, 0.6) is 0 Å². The fraction of sp³-hybridized carbons (Fsp3) is 0.375. The molecule has 3 rings (SSSR count). The van der Waals surface area contributed by atoms with Crippen molar-refractivity contribution < 1.29 is 9.53 Å². The molecule has 1 aliphatic heterocycles. The number of benzene rings is 1. The van der Waals surface area contributed by atoms with E-state index in [1.165, 1.54) is 0 Å². The van der Waals surface area contributed by atoms with E-state index in [0.29, 0.717) is 17.7 Å². The number of aromatic amines is 1. The van der Waals surface area contributed by atoms with Crippen molar-refractivity contribution in [1.82, 2.24) is 4.98 Å². The molecule has 0 bridgehead atoms. The molecule has 1 aliphatic rings. The van der Waals surface area contributed by atoms with Crippen LogP contribution in [0.15, 0.2) is 24.4 Å². The summed E-state index contributed by atoms with van der Waals surface area (Å²) in [6.07, 6.45) is 3.43. The van der Waals surface area contributed by atoms with Gasteiger partial charge in [0.15, 0.2) is 5.78 Å². The maximum absolute atomic E-state index is 12.7. The Morgan fingerprint density at radius 3 is 3.15 bits per heavy atom. The number of carbonyl (C=O) groups is 1. The molecule has 1 fully saturated rings. The molecule has 1 aromatic heterocycles. The molecule has 0 radical (unpaired) electrons. The number of nitriles is 1. The van der Waals surface area contributed by atoms with Crippen molar-refractivity contribution in [3.8, 4) is 6.07 Å². The topological polar surface area (TPSA) is 65.9 Å². The molecule has 102 valence electrons. The molecule has 1 saturated heterocycles. The van der Waals surface area contributed by atoms with Gasteiger partial charge in [0.1, 0.15) is 0 Å². The van der Waals surface area contributed by atoms with Crippen molar-refractivity contribution in [2.24, 2.45) is 5.92 Å². The Kier molecular flexibility index (Phi) is 3.29. The molecule has 2 heterocycles. The lowest BCUT2D eigenvalue weighted by Gasteiger charge is -2.14. The number of hydrogen-bond donors (Lipinski definition) is 1. The van der Waals surface area contributed by atoms with E-state index >= 15 is 0 Å². The smallest absolute Gasteiger partial charge is 0.170 e. The quantitative estimate of drug-likeness (QED) is 0.870. The molecule has 4 nitrogen and oxygen atoms in total. The summed E-state index contributed by atoms with van der Waals surface area (Å²) in [5.41, 5.74) is 2.13. The highest BCUT2D eigenvalue weighted by molar-refractivity contribution is 6.09. The second kappa shape index (κ2) is 5.10. The van der Waals surface area contributed by atoms with Crippen LogP contribution in [0.4, 0.5) is 0 Å². The van der Waals surface area contributed by atoms with E-state index in [0.717, 1.165) is 23.7 Å². The van der Waals surface area contributed by atoms with Gasteiger partial charge in [0.25, 0.3) is 0 Å². The summed E-state index contributed by atoms with van der Waals surface area (Å²) in [6.45, 7) is 2.71. The molecule has 0 amide bonds. The van der Waals surface area contributed by atoms with Crippen LogP contribution < -0.4 is 0 Å². The highest BCUT2D eigenvalue weighted by Gasteiger charge is 2.34. The number of aromatic nitrogens is 1. The van der Waals surface area contributed by atoms with Crippen molar-refractivity contribution in [2.45, 2.75) is 25.9 Å². The first-order chi connectivity index (χ1) is 9.74. The minimum Gasteiger partial charge on any atom is -0.377 e. The lowest BCUT2D eigenvalue weighted by Crippen LogP contribution is -2.23. The highest BCUT2D eigenvalue weighted by atomic mass is 16.5. The standard InChI is InChI=1S/C16H16N2O2/c1-2-15-12(5-6-20-15)16(19)13-9-18-14-7-10(8-17)3-4-11(13)14/h3-4,7,9,12,15,18H,2,5-6H2,1H3. The average Bonchev–Trinajstić information content (AvgIpc) is 3.12. The summed E-state index contributed by atoms with van der Waals surface area (Å²) in [4.78, 5) is 15.8. The number of H-pyrrole nitrogens is 1. The molecule has 2 aromatic rings. The van der Waals surface area contributed by atoms with Crippen molar-refractivity contribution in [2.75, 3.05) is 6.61 Å². The third-order valence-corrected chi connectivity index (χ3v) is 4.03. The normalized spacial score (nSPS) is 22.0. The maximum Gasteiger partial charge on any atom is 0.170 e. The summed E-state index contributed by atoms with van der Waals surface area (Å²) in [6, 6.07) is 7.46. The van der Waals surface area contributed by atoms with Crippen LogP contribution in [0, 0.1) is 17.2 Å². The number of rotatable bonds is 3. The fourth-order valence-corrected chi connectivity index (χ4v) is 2.95. The second-order valence-corrected chi connectivity index (χ2v) is 5.15. The largest absolute Gasteiger partial charge is 0.377 e. The Hall–Kier alpha value is -2.12. The van der Waals surface area contributed by atoms with E-state index in [9.17, 15) is 4.79 Å². The zero-order chi connectivity index (χ0) is 14.1. The van der Waals surface area contributed by atoms with E-state index in [1.54, 1.807) is 18.3 Å². The van der Waals surface area contributed by atoms with Crippen molar-refractivity contribution >= 4 is 16.7 Å². The number of hydrogen-bond acceptors (Lipinski definition) is 3. The van der Waals surface area contributed by atoms with Gasteiger partial charge >= 0.3 is 0 Å². The van der Waals surface area contributed by atoms with Gasteiger partial charge in [0, 0.05) is 29.3 Å². The highest BCUT2D eigenvalue weighted by Crippen LogP contribution is 2.30. The molecule has 0 aliphatic carbocycles. The number of ketones is 1. The van der Waals surface area contributed by atoms with Gasteiger partial charge in [0.05, 0.1) is 23.7 Å². The van der Waals surface area contributed by atoms with Crippen LogP contribution >= 0.6 is 0 Å². The zero-order valence-electron chi connectivity index (χ0n) is 11.3. The fourth-order valence-electron chi connectivity index (χ4n) is 2.95. The van der Waals surface area contributed by atoms with Crippen LogP contribution in [-0.4, -0.2) is 23.5 Å². The predicted molar refractivity (Wildman–Crippen MR) is 75.5 cm³/mol. The van der Waals surface area contributed by atoms with Gasteiger partial charge in [-0.25, -0.2) is 0 Å². The van der Waals surface area contributed by atoms with E-state index in [-0.39, 0.29) is 17.8 Å². The number of carbonyl (C=O) groups excluding carboxylic acids is 1. The Labute approximate surface area is 117 Å². The SMILES string of the molecule is CCC1OCCC1C(=O)c1c[nH]c2cc(C#N)ccc12. The summed E-state index contributed by atoms with van der Waals surface area (Å²) < 4.78 is 5.61. The Bertz CT molecular complexity index is 696. The lowest BCUT2D eigenvalue weighted by molar-refractivity contribution is 0.0690. The second-order valence-electron chi connectivity index (χ2n) is 5.15. The molecule has 0 spiro atoms. The van der Waals surface area contributed by atoms with Gasteiger partial charge in [-0.1, -0.05) is 13.0 Å². The van der Waals surface area contributed by atoms with Crippen molar-refractivity contribution in [3.63, 3.8) is 0 Å². The maximum atomic E-state index is 12.7. The first-order valence-corrected chi connectivity index (χ1v) is 6.91. The van der Waals surface area contributed by atoms with Crippen LogP contribution in [-0.2, 0) is 4.74 Å². The van der Waals surface area contributed by atoms with Gasteiger partial charge in [-0.3, -0.25) is 4.79 Å². The molecule has 4 heteroatoms. The van der Waals surface area contributed by atoms with Gasteiger partial charge in [-0.2, -0.15) is 5.26 Å². The molecule has 20 heavy (non-hydrogen) atoms. The molecule has 1 aromatic carbocycles. The zero-order valence-corrected chi connectivity index (χ0v) is 11.3. The van der Waals surface area contributed by atoms with Crippen molar-refractivity contribution in [1.29, 1.82) is 5.26 Å². The number of Topliss-reactive ketones (excluding diaryl/α,β-unsaturated/α-hetero) is 1. The lowest BCUT2D eigenvalue weighted by atomic mass is 9.90. The summed E-state index contributed by atoms with van der Waals surface area (Å²) in [5, 5.41) is 9.79. The van der Waals surface area contributed by atoms with E-state index in [1.807, 2.05) is 13.0 Å². The molecule has 2 atom stereocenters. The summed E-state index contributed by atoms with van der Waals surface area (Å²) >= 11 is 0. The summed E-state index contributed by atoms with van der Waals surface area (Å²) in [5.74, 6) is 0.0972. The van der Waals surface area contributed by atoms with Crippen LogP contribution in [0.25, 0.3) is 10.9 Å². The Morgan fingerprint density at radius 2 is 2.40 bits per heavy atom. The minimum absolute atomic E-state index is 0.0332. The number of ether oxygens (including phenoxy) is 1. The van der Waals surface area contributed by atoms with Crippen molar-refractivity contribution in [3.05, 3.63) is 35.5 Å². The number of fused-ring (bicyclic) bond motifs is 1. The predicted octanol–water partition coefficient (Wildman–Crippen LogP) is 3.04. The third kappa shape index (κ3) is 2.00. The Balaban J connectivity index is 1.98. The molecule has 1 N–H and O–H groups in total. The molecular formula is C16H16N2O2. The Morgan fingerprint density at radius 1 is 1.55 bits per heavy atom. The summed E-state index contributed by atoms with van der Waals surface area (Å²) in [7, 11) is 0. The first kappa shape index (κ1) is 12.9. The van der Waals surface area contributed by atoms with Gasteiger partial charge < -0.3 is 9.72 Å².